The molecule has 2 N–H and O–H groups in total. The minimum Gasteiger partial charge on any atom is -0.324 e. The van der Waals surface area contributed by atoms with E-state index in [1.165, 1.54) is 18.4 Å². The van der Waals surface area contributed by atoms with Gasteiger partial charge in [-0.05, 0) is 30.0 Å². The summed E-state index contributed by atoms with van der Waals surface area (Å²) in [7, 11) is 0. The van der Waals surface area contributed by atoms with Crippen molar-refractivity contribution in [2.45, 2.75) is 30.2 Å². The molecule has 70 valence electrons. The van der Waals surface area contributed by atoms with Gasteiger partial charge in [0.15, 0.2) is 0 Å². The van der Waals surface area contributed by atoms with Crippen molar-refractivity contribution in [3.8, 4) is 0 Å². The lowest BCUT2D eigenvalue weighted by Crippen LogP contribution is -2.10. The third kappa shape index (κ3) is 2.48. The number of hydrogen-bond acceptors (Lipinski definition) is 2. The zero-order chi connectivity index (χ0) is 9.26. The number of rotatable bonds is 3. The highest BCUT2D eigenvalue weighted by Crippen LogP contribution is 2.36. The Morgan fingerprint density at radius 3 is 2.85 bits per heavy atom. The van der Waals surface area contributed by atoms with Crippen molar-refractivity contribution < 1.29 is 0 Å². The van der Waals surface area contributed by atoms with Gasteiger partial charge in [0.1, 0.15) is 0 Å². The molecular weight excluding hydrogens is 178 g/mol. The van der Waals surface area contributed by atoms with Gasteiger partial charge in [-0.2, -0.15) is 0 Å². The van der Waals surface area contributed by atoms with Gasteiger partial charge < -0.3 is 5.73 Å². The van der Waals surface area contributed by atoms with Crippen molar-refractivity contribution in [1.82, 2.24) is 0 Å². The first-order valence-corrected chi connectivity index (χ1v) is 5.25. The van der Waals surface area contributed by atoms with Crippen LogP contribution in [0.2, 0.25) is 0 Å². The molecule has 1 aliphatic carbocycles. The summed E-state index contributed by atoms with van der Waals surface area (Å²) in [6, 6.07) is 8.36. The predicted octanol–water partition coefficient (Wildman–Crippen LogP) is 2.78. The molecule has 0 aromatic heterocycles. The van der Waals surface area contributed by atoms with Crippen LogP contribution in [0.1, 0.15) is 30.9 Å². The average Bonchev–Trinajstić information content (AvgIpc) is 2.88. The molecule has 0 radical (unpaired) electrons. The molecule has 0 bridgehead atoms. The largest absolute Gasteiger partial charge is 0.324 e. The Hall–Kier alpha value is -0.470. The van der Waals surface area contributed by atoms with Gasteiger partial charge in [0.25, 0.3) is 0 Å². The Labute approximate surface area is 84.7 Å². The predicted molar refractivity (Wildman–Crippen MR) is 58.0 cm³/mol. The normalized spacial score (nSPS) is 18.6. The van der Waals surface area contributed by atoms with Gasteiger partial charge in [0.2, 0.25) is 0 Å². The molecule has 0 heterocycles. The van der Waals surface area contributed by atoms with E-state index < -0.39 is 0 Å². The second kappa shape index (κ2) is 3.72. The van der Waals surface area contributed by atoms with E-state index in [9.17, 15) is 0 Å². The molecule has 1 atom stereocenters. The lowest BCUT2D eigenvalue weighted by atomic mass is 10.0. The maximum Gasteiger partial charge on any atom is 0.0297 e. The molecule has 0 saturated heterocycles. The molecule has 2 heteroatoms. The highest BCUT2D eigenvalue weighted by molar-refractivity contribution is 7.80. The Kier molecular flexibility index (Phi) is 2.61. The van der Waals surface area contributed by atoms with Crippen LogP contribution in [-0.2, 0) is 0 Å². The van der Waals surface area contributed by atoms with Crippen LogP contribution in [-0.4, -0.2) is 0 Å². The fourth-order valence-corrected chi connectivity index (χ4v) is 1.84. The molecular formula is C11H15NS. The van der Waals surface area contributed by atoms with Crippen LogP contribution in [0.4, 0.5) is 0 Å². The van der Waals surface area contributed by atoms with Crippen molar-refractivity contribution in [3.05, 3.63) is 29.8 Å². The van der Waals surface area contributed by atoms with Gasteiger partial charge >= 0.3 is 0 Å². The summed E-state index contributed by atoms with van der Waals surface area (Å²) >= 11 is 4.30. The average molecular weight is 193 g/mol. The van der Waals surface area contributed by atoms with Gasteiger partial charge in [-0.3, -0.25) is 0 Å². The van der Waals surface area contributed by atoms with E-state index in [-0.39, 0.29) is 6.04 Å². The second-order valence-electron chi connectivity index (χ2n) is 3.88. The maximum atomic E-state index is 6.07. The van der Waals surface area contributed by atoms with Crippen LogP contribution < -0.4 is 5.73 Å². The van der Waals surface area contributed by atoms with E-state index in [0.29, 0.717) is 0 Å². The zero-order valence-electron chi connectivity index (χ0n) is 7.61. The number of nitrogens with two attached hydrogens (primary N) is 1. The molecule has 0 spiro atoms. The SMILES string of the molecule is N[C@@H](CC1CC1)c1cccc(S)c1. The van der Waals surface area contributed by atoms with E-state index in [2.05, 4.69) is 24.8 Å². The number of thiol groups is 1. The van der Waals surface area contributed by atoms with Gasteiger partial charge in [-0.25, -0.2) is 0 Å². The molecule has 1 aliphatic rings. The van der Waals surface area contributed by atoms with Crippen LogP contribution in [0.5, 0.6) is 0 Å². The number of benzene rings is 1. The fourth-order valence-electron chi connectivity index (χ4n) is 1.60. The van der Waals surface area contributed by atoms with Gasteiger partial charge in [0.05, 0.1) is 0 Å². The van der Waals surface area contributed by atoms with Gasteiger partial charge in [-0.15, -0.1) is 12.6 Å². The smallest absolute Gasteiger partial charge is 0.0297 e. The van der Waals surface area contributed by atoms with Crippen molar-refractivity contribution in [2.24, 2.45) is 11.7 Å². The molecule has 1 nitrogen and oxygen atoms in total. The quantitative estimate of drug-likeness (QED) is 0.709. The van der Waals surface area contributed by atoms with Crippen molar-refractivity contribution in [1.29, 1.82) is 0 Å². The maximum absolute atomic E-state index is 6.07. The molecule has 1 fully saturated rings. The van der Waals surface area contributed by atoms with Crippen LogP contribution in [0, 0.1) is 5.92 Å². The van der Waals surface area contributed by atoms with Crippen molar-refractivity contribution >= 4 is 12.6 Å². The molecule has 2 rings (SSSR count). The Morgan fingerprint density at radius 1 is 1.46 bits per heavy atom. The summed E-state index contributed by atoms with van der Waals surface area (Å²) in [6.07, 6.45) is 3.87. The highest BCUT2D eigenvalue weighted by Gasteiger charge is 2.24. The summed E-state index contributed by atoms with van der Waals surface area (Å²) in [4.78, 5) is 1.00. The Balaban J connectivity index is 2.04. The topological polar surface area (TPSA) is 26.0 Å². The van der Waals surface area contributed by atoms with Crippen molar-refractivity contribution in [2.75, 3.05) is 0 Å². The first kappa shape index (κ1) is 9.10. The molecule has 1 aromatic carbocycles. The van der Waals surface area contributed by atoms with Crippen LogP contribution in [0.25, 0.3) is 0 Å². The van der Waals surface area contributed by atoms with Crippen LogP contribution >= 0.6 is 12.6 Å². The third-order valence-electron chi connectivity index (χ3n) is 2.58. The molecule has 1 aromatic rings. The molecule has 0 amide bonds. The lowest BCUT2D eigenvalue weighted by molar-refractivity contribution is 0.596. The Morgan fingerprint density at radius 2 is 2.23 bits per heavy atom. The summed E-state index contributed by atoms with van der Waals surface area (Å²) in [5.41, 5.74) is 7.29. The monoisotopic (exact) mass is 193 g/mol. The van der Waals surface area contributed by atoms with E-state index >= 15 is 0 Å². The van der Waals surface area contributed by atoms with Crippen LogP contribution in [0.15, 0.2) is 29.2 Å². The van der Waals surface area contributed by atoms with Crippen molar-refractivity contribution in [3.63, 3.8) is 0 Å². The fraction of sp³-hybridized carbons (Fsp3) is 0.455. The van der Waals surface area contributed by atoms with E-state index in [4.69, 9.17) is 5.73 Å². The van der Waals surface area contributed by atoms with Crippen LogP contribution in [0.3, 0.4) is 0 Å². The first-order valence-electron chi connectivity index (χ1n) is 4.80. The van der Waals surface area contributed by atoms with Gasteiger partial charge in [-0.1, -0.05) is 25.0 Å². The molecule has 0 aliphatic heterocycles. The van der Waals surface area contributed by atoms with Gasteiger partial charge in [0, 0.05) is 10.9 Å². The summed E-state index contributed by atoms with van der Waals surface area (Å²) in [5, 5.41) is 0. The Bertz CT molecular complexity index is 294. The third-order valence-corrected chi connectivity index (χ3v) is 2.86. The molecule has 1 saturated carbocycles. The van der Waals surface area contributed by atoms with E-state index in [1.54, 1.807) is 0 Å². The standard InChI is InChI=1S/C11H15NS/c12-11(6-8-4-5-8)9-2-1-3-10(13)7-9/h1-3,7-8,11,13H,4-6,12H2/t11-/m0/s1. The molecule has 0 unspecified atom stereocenters. The summed E-state index contributed by atoms with van der Waals surface area (Å²) in [5.74, 6) is 0.888. The lowest BCUT2D eigenvalue weighted by Gasteiger charge is -2.11. The second-order valence-corrected chi connectivity index (χ2v) is 4.40. The van der Waals surface area contributed by atoms with E-state index in [1.807, 2.05) is 12.1 Å². The zero-order valence-corrected chi connectivity index (χ0v) is 8.50. The number of hydrogen-bond donors (Lipinski definition) is 2. The van der Waals surface area contributed by atoms with E-state index in [0.717, 1.165) is 17.2 Å². The summed E-state index contributed by atoms with van der Waals surface area (Å²) in [6.45, 7) is 0. The minimum absolute atomic E-state index is 0.208. The first-order chi connectivity index (χ1) is 6.25. The summed E-state index contributed by atoms with van der Waals surface area (Å²) < 4.78 is 0. The minimum atomic E-state index is 0.208. The highest BCUT2D eigenvalue weighted by atomic mass is 32.1. The molecule has 13 heavy (non-hydrogen) atoms.